The number of nitrogens with one attached hydrogen (secondary N) is 1. The third-order valence-electron chi connectivity index (χ3n) is 24.5. The third-order valence-corrected chi connectivity index (χ3v) is 26.7. The first-order chi connectivity index (χ1) is 52.6. The minimum Gasteiger partial charge on any atom is -0.469 e. The van der Waals surface area contributed by atoms with Crippen LogP contribution in [0, 0.1) is 107 Å². The Balaban J connectivity index is 0.000000131. The second kappa shape index (κ2) is 34.8. The van der Waals surface area contributed by atoms with Crippen LogP contribution in [0.5, 0.6) is 0 Å². The van der Waals surface area contributed by atoms with Gasteiger partial charge in [-0.1, -0.05) is 52.5 Å². The first-order valence-corrected chi connectivity index (χ1v) is 40.1. The first-order valence-electron chi connectivity index (χ1n) is 37.5. The van der Waals surface area contributed by atoms with Crippen molar-refractivity contribution in [2.75, 3.05) is 28.4 Å². The van der Waals surface area contributed by atoms with Gasteiger partial charge in [0.1, 0.15) is 32.7 Å². The van der Waals surface area contributed by atoms with Crippen LogP contribution in [0.25, 0.3) is 44.6 Å². The molecule has 1 aromatic carbocycles. The maximum Gasteiger partial charge on any atom is 0.310 e. The number of rotatable bonds is 14. The molecular formula is C80H90Cl3F2N13O10S. The first kappa shape index (κ1) is 78.6. The fraction of sp³-hybridized carbons (Fsp3) is 0.500. The second-order valence-electron chi connectivity index (χ2n) is 30.3. The largest absolute Gasteiger partial charge is 0.469 e. The summed E-state index contributed by atoms with van der Waals surface area (Å²) in [6.07, 6.45) is 38.6. The van der Waals surface area contributed by atoms with Crippen molar-refractivity contribution in [3.8, 4) is 22.5 Å². The quantitative estimate of drug-likeness (QED) is 0.0754. The molecule has 0 unspecified atom stereocenters. The fourth-order valence-electron chi connectivity index (χ4n) is 19.3. The zero-order valence-corrected chi connectivity index (χ0v) is 64.5. The summed E-state index contributed by atoms with van der Waals surface area (Å²) >= 11 is 16.7. The van der Waals surface area contributed by atoms with Gasteiger partial charge in [-0.25, -0.2) is 51.1 Å². The van der Waals surface area contributed by atoms with Crippen molar-refractivity contribution in [2.45, 2.75) is 140 Å². The van der Waals surface area contributed by atoms with Gasteiger partial charge in [0, 0.05) is 58.9 Å². The molecule has 3 N–H and O–H groups in total. The number of carbonyl (C=O) groups excluding carboxylic acids is 4. The van der Waals surface area contributed by atoms with E-state index in [0.29, 0.717) is 121 Å². The van der Waals surface area contributed by atoms with Gasteiger partial charge in [0.2, 0.25) is 0 Å². The van der Waals surface area contributed by atoms with Crippen LogP contribution < -0.4 is 5.73 Å². The lowest BCUT2D eigenvalue weighted by Crippen LogP contribution is -2.52. The molecule has 8 atom stereocenters. The van der Waals surface area contributed by atoms with E-state index >= 15 is 0 Å². The number of H-pyrrole nitrogens is 1. The summed E-state index contributed by atoms with van der Waals surface area (Å²) < 4.78 is 76.3. The lowest BCUT2D eigenvalue weighted by molar-refractivity contribution is -0.156. The maximum atomic E-state index is 14.3. The van der Waals surface area contributed by atoms with Crippen LogP contribution in [0.2, 0.25) is 15.5 Å². The third kappa shape index (κ3) is 17.5. The molecule has 9 aromatic rings. The highest BCUT2D eigenvalue weighted by molar-refractivity contribution is 7.90. The summed E-state index contributed by atoms with van der Waals surface area (Å²) in [5.74, 6) is 2.90. The number of methoxy groups -OCH3 is 4. The van der Waals surface area contributed by atoms with E-state index < -0.39 is 15.8 Å². The number of esters is 4. The van der Waals surface area contributed by atoms with E-state index in [1.807, 2.05) is 6.92 Å². The number of halogens is 5. The number of aromatic amines is 1. The monoisotopic (exact) mass is 1570 g/mol. The zero-order chi connectivity index (χ0) is 76.8. The lowest BCUT2D eigenvalue weighted by atomic mass is 9.57. The number of hydrogen-bond acceptors (Lipinski definition) is 21. The number of fused-ring (bicyclic) bond motifs is 14. The van der Waals surface area contributed by atoms with E-state index in [9.17, 15) is 36.4 Å². The standard InChI is InChI=1S/C29H29FN4O4S.C22H23FN4O2.C15H19ClN2O2.C10H17NO2.C4H2Cl2N2/c1-17-3-9-22(10-4-17)39(36,37)34-16-25(24-11-20(30)13-32-28(24)34)26-15-31-14-21(33-26)12-23-18-5-7-19(8-6-18)27(23)29(35)38-2;1-29-22(28)20-13-4-2-12(3-5-13)16(20)7-15-9-24-11-19(27-15)18-10-26-21-17(18)6-14(23)8-25-21;1-20-15(19)14-10-4-2-9(3-5-10)12(14)6-11-7-17-8-13(16)18-11;1-13-10(12)8-6-2-4-7(5-3-6)9(8)11;5-3-1-7-2-4(6)8-3/h3-4,9-11,13-16,18-19,23,27H,5-8,12H2,1-2H3;6,8-13,16,20H,2-5,7H2,1H3,(H,25,26);7-10,12,14H,2-6H2,1H3;6-9H,2-5,11H2,1H3;1-2H/t18?,19?,23-,27-;12?,13?,16-,20-;9?,10?,12-,14-;6?,7?,8-,9-;/m0000./s1. The molecule has 0 amide bonds. The van der Waals surface area contributed by atoms with Gasteiger partial charge in [-0.05, 0) is 218 Å². The molecule has 8 bridgehead atoms. The molecule has 0 aliphatic heterocycles. The Morgan fingerprint density at radius 2 is 0.853 bits per heavy atom. The van der Waals surface area contributed by atoms with E-state index in [0.717, 1.165) is 103 Å². The van der Waals surface area contributed by atoms with Crippen molar-refractivity contribution in [3.05, 3.63) is 160 Å². The van der Waals surface area contributed by atoms with Crippen LogP contribution in [-0.2, 0) is 67.4 Å². The van der Waals surface area contributed by atoms with Crippen LogP contribution in [-0.4, -0.2) is 126 Å². The minimum atomic E-state index is -4.01. The summed E-state index contributed by atoms with van der Waals surface area (Å²) in [5, 5.41) is 2.05. The second-order valence-corrected chi connectivity index (χ2v) is 33.3. The number of aryl methyl sites for hydroxylation is 1. The maximum absolute atomic E-state index is 14.3. The highest BCUT2D eigenvalue weighted by Crippen LogP contribution is 2.53. The number of benzene rings is 1. The molecule has 0 saturated heterocycles. The van der Waals surface area contributed by atoms with Crippen molar-refractivity contribution in [1.29, 1.82) is 0 Å². The average molecular weight is 1570 g/mol. The van der Waals surface area contributed by atoms with Gasteiger partial charge in [-0.2, -0.15) is 0 Å². The molecule has 12 saturated carbocycles. The van der Waals surface area contributed by atoms with Crippen LogP contribution in [0.4, 0.5) is 8.78 Å². The number of ether oxygens (including phenoxy) is 4. The number of pyridine rings is 2. The summed E-state index contributed by atoms with van der Waals surface area (Å²) in [7, 11) is 1.85. The summed E-state index contributed by atoms with van der Waals surface area (Å²) in [6, 6.07) is 9.30. The van der Waals surface area contributed by atoms with Crippen molar-refractivity contribution in [1.82, 2.24) is 58.8 Å². The average Bonchev–Trinajstić information content (AvgIpc) is 1.21. The molecule has 109 heavy (non-hydrogen) atoms. The normalized spacial score (nSPS) is 26.8. The summed E-state index contributed by atoms with van der Waals surface area (Å²) in [6.45, 7) is 1.88. The highest BCUT2D eigenvalue weighted by atomic mass is 35.5. The Bertz CT molecular complexity index is 4820. The minimum absolute atomic E-state index is 0.0162. The molecule has 8 aromatic heterocycles. The van der Waals surface area contributed by atoms with Gasteiger partial charge in [0.25, 0.3) is 10.0 Å². The lowest BCUT2D eigenvalue weighted by Gasteiger charge is -2.47. The van der Waals surface area contributed by atoms with E-state index in [-0.39, 0.29) is 81.8 Å². The predicted octanol–water partition coefficient (Wildman–Crippen LogP) is 14.5. The van der Waals surface area contributed by atoms with Gasteiger partial charge in [0.15, 0.2) is 5.65 Å². The van der Waals surface area contributed by atoms with Gasteiger partial charge in [0.05, 0.1) is 129 Å². The number of aromatic nitrogens is 12. The highest BCUT2D eigenvalue weighted by Gasteiger charge is 2.51. The molecule has 12 fully saturated rings. The molecule has 21 rings (SSSR count). The van der Waals surface area contributed by atoms with Gasteiger partial charge in [-0.3, -0.25) is 39.1 Å². The van der Waals surface area contributed by atoms with E-state index in [4.69, 9.17) is 69.5 Å². The SMILES string of the molecule is COC(=O)[C@H]1C2CCC(CC2)[C@@H]1Cc1cncc(-c2c[nH]c3ncc(F)cc23)n1.COC(=O)[C@H]1C2CCC(CC2)[C@@H]1Cc1cncc(-c2cn(S(=O)(=O)c3ccc(C)cc3)c3ncc(F)cc23)n1.COC(=O)[C@H]1C2CCC(CC2)[C@@H]1Cc1cncc(Cl)n1.COC(=O)[C@H]1C2CCC(CC2)[C@@H]1N.Clc1cncc(Cl)n1. The summed E-state index contributed by atoms with van der Waals surface area (Å²) in [4.78, 5) is 94.3. The fourth-order valence-corrected chi connectivity index (χ4v) is 21.2. The molecule has 29 heteroatoms. The Morgan fingerprint density at radius 1 is 0.477 bits per heavy atom. The van der Waals surface area contributed by atoms with E-state index in [1.165, 1.54) is 128 Å². The van der Waals surface area contributed by atoms with E-state index in [1.54, 1.807) is 43.1 Å². The topological polar surface area (TPSA) is 315 Å². The van der Waals surface area contributed by atoms with Gasteiger partial charge in [-0.15, -0.1) is 0 Å². The number of nitrogens with two attached hydrogens (primary N) is 1. The number of nitrogens with zero attached hydrogens (tertiary/aromatic N) is 11. The van der Waals surface area contributed by atoms with Crippen LogP contribution in [0.3, 0.4) is 0 Å². The van der Waals surface area contributed by atoms with Crippen molar-refractivity contribution >= 4 is 90.8 Å². The van der Waals surface area contributed by atoms with Crippen LogP contribution >= 0.6 is 34.8 Å². The summed E-state index contributed by atoms with van der Waals surface area (Å²) in [5.41, 5.74) is 12.4. The predicted molar refractivity (Wildman–Crippen MR) is 404 cm³/mol. The van der Waals surface area contributed by atoms with Crippen molar-refractivity contribution in [2.24, 2.45) is 94.5 Å². The molecule has 0 radical (unpaired) electrons. The van der Waals surface area contributed by atoms with Crippen LogP contribution in [0.15, 0.2) is 116 Å². The van der Waals surface area contributed by atoms with Crippen LogP contribution in [0.1, 0.15) is 125 Å². The molecule has 12 aliphatic rings. The Morgan fingerprint density at radius 3 is 1.28 bits per heavy atom. The van der Waals surface area contributed by atoms with Crippen molar-refractivity contribution < 1.29 is 55.3 Å². The number of carbonyl (C=O) groups is 4. The van der Waals surface area contributed by atoms with Gasteiger partial charge < -0.3 is 29.7 Å². The Hall–Kier alpha value is -8.56. The molecule has 576 valence electrons. The Labute approximate surface area is 646 Å². The molecular weight excluding hydrogens is 1480 g/mol. The molecule has 12 aliphatic carbocycles. The van der Waals surface area contributed by atoms with Crippen molar-refractivity contribution in [3.63, 3.8) is 0 Å². The molecule has 23 nitrogen and oxygen atoms in total. The smallest absolute Gasteiger partial charge is 0.310 e. The van der Waals surface area contributed by atoms with E-state index in [2.05, 4.69) is 44.9 Å². The zero-order valence-electron chi connectivity index (χ0n) is 61.4. The van der Waals surface area contributed by atoms with Gasteiger partial charge >= 0.3 is 23.9 Å². The Kier molecular flexibility index (Phi) is 25.1. The molecule has 0 spiro atoms. The molecule has 8 heterocycles. The number of hydrogen-bond donors (Lipinski definition) is 2.